The Labute approximate surface area is 166 Å². The number of aryl methyl sites for hydroxylation is 2. The summed E-state index contributed by atoms with van der Waals surface area (Å²) in [6, 6.07) is 7.80. The first-order valence-electron chi connectivity index (χ1n) is 9.06. The van der Waals surface area contributed by atoms with Gasteiger partial charge in [0.05, 0.1) is 27.3 Å². The van der Waals surface area contributed by atoms with Crippen molar-refractivity contribution >= 4 is 39.1 Å². The van der Waals surface area contributed by atoms with Crippen LogP contribution in [0.2, 0.25) is 0 Å². The number of para-hydroxylation sites is 1. The van der Waals surface area contributed by atoms with Gasteiger partial charge in [0.25, 0.3) is 0 Å². The zero-order valence-corrected chi connectivity index (χ0v) is 17.1. The Kier molecular flexibility index (Phi) is 5.74. The van der Waals surface area contributed by atoms with Gasteiger partial charge >= 0.3 is 5.97 Å². The Morgan fingerprint density at radius 3 is 2.57 bits per heavy atom. The smallest absolute Gasteiger partial charge is 0.306 e. The van der Waals surface area contributed by atoms with Gasteiger partial charge in [-0.1, -0.05) is 12.1 Å². The van der Waals surface area contributed by atoms with Crippen LogP contribution in [0.25, 0.3) is 10.2 Å². The Balaban J connectivity index is 1.61. The molecule has 0 fully saturated rings. The van der Waals surface area contributed by atoms with E-state index in [0.717, 1.165) is 15.2 Å². The van der Waals surface area contributed by atoms with E-state index in [1.54, 1.807) is 32.1 Å². The normalized spacial score (nSPS) is 12.1. The number of aromatic amines is 1. The number of ketones is 2. The minimum atomic E-state index is -0.931. The van der Waals surface area contributed by atoms with Crippen molar-refractivity contribution in [1.82, 2.24) is 9.97 Å². The third-order valence-electron chi connectivity index (χ3n) is 4.59. The Bertz CT molecular complexity index is 1030. The van der Waals surface area contributed by atoms with Gasteiger partial charge in [0.1, 0.15) is 0 Å². The predicted octanol–water partition coefficient (Wildman–Crippen LogP) is 4.19. The fraction of sp³-hybridized carbons (Fsp3) is 0.333. The van der Waals surface area contributed by atoms with Crippen LogP contribution in [0, 0.1) is 13.8 Å². The van der Waals surface area contributed by atoms with Crippen LogP contribution >= 0.6 is 11.3 Å². The molecule has 0 aliphatic rings. The standard InChI is InChI=1S/C21H22N2O4S/c1-11-19(13(3)24)12(2)22-20(11)21(26)14(4)27-18(25)10-9-17-23-15-7-5-6-8-16(15)28-17/h5-8,14,22H,9-10H2,1-4H3/t14-/m1/s1. The number of ether oxygens (including phenoxy) is 1. The van der Waals surface area contributed by atoms with Crippen molar-refractivity contribution in [3.05, 3.63) is 51.8 Å². The van der Waals surface area contributed by atoms with Gasteiger partial charge in [-0.2, -0.15) is 0 Å². The summed E-state index contributed by atoms with van der Waals surface area (Å²) in [6.45, 7) is 6.47. The summed E-state index contributed by atoms with van der Waals surface area (Å²) in [6.07, 6.45) is -0.313. The SMILES string of the molecule is CC(=O)c1c(C)[nH]c(C(=O)[C@@H](C)OC(=O)CCc2nc3ccccc3s2)c1C. The van der Waals surface area contributed by atoms with Gasteiger partial charge in [-0.15, -0.1) is 11.3 Å². The predicted molar refractivity (Wildman–Crippen MR) is 108 cm³/mol. The summed E-state index contributed by atoms with van der Waals surface area (Å²) in [7, 11) is 0. The molecular weight excluding hydrogens is 376 g/mol. The molecule has 2 aromatic heterocycles. The molecule has 1 N–H and O–H groups in total. The monoisotopic (exact) mass is 398 g/mol. The molecule has 0 amide bonds. The Hall–Kier alpha value is -2.80. The molecule has 1 aromatic carbocycles. The molecule has 0 spiro atoms. The number of Topliss-reactive ketones (excluding diaryl/α,β-unsaturated/α-hetero) is 2. The van der Waals surface area contributed by atoms with E-state index in [9.17, 15) is 14.4 Å². The number of hydrogen-bond acceptors (Lipinski definition) is 6. The van der Waals surface area contributed by atoms with Crippen LogP contribution in [-0.2, 0) is 16.0 Å². The van der Waals surface area contributed by atoms with Gasteiger partial charge in [0.2, 0.25) is 5.78 Å². The lowest BCUT2D eigenvalue weighted by molar-refractivity contribution is -0.146. The molecule has 0 unspecified atom stereocenters. The number of hydrogen-bond donors (Lipinski definition) is 1. The first kappa shape index (κ1) is 19.9. The van der Waals surface area contributed by atoms with Crippen molar-refractivity contribution in [2.24, 2.45) is 0 Å². The molecule has 0 aliphatic carbocycles. The van der Waals surface area contributed by atoms with Crippen LogP contribution in [-0.4, -0.2) is 33.6 Å². The molecule has 3 aromatic rings. The third-order valence-corrected chi connectivity index (χ3v) is 5.69. The zero-order chi connectivity index (χ0) is 20.4. The summed E-state index contributed by atoms with van der Waals surface area (Å²) in [5.74, 6) is -0.903. The van der Waals surface area contributed by atoms with Crippen molar-refractivity contribution < 1.29 is 19.1 Å². The molecule has 0 saturated carbocycles. The molecule has 1 atom stereocenters. The van der Waals surface area contributed by atoms with E-state index < -0.39 is 12.1 Å². The van der Waals surface area contributed by atoms with E-state index in [2.05, 4.69) is 9.97 Å². The molecule has 0 radical (unpaired) electrons. The number of thiazole rings is 1. The van der Waals surface area contributed by atoms with E-state index >= 15 is 0 Å². The average molecular weight is 398 g/mol. The maximum Gasteiger partial charge on any atom is 0.306 e. The number of H-pyrrole nitrogens is 1. The first-order chi connectivity index (χ1) is 13.3. The third kappa shape index (κ3) is 4.04. The largest absolute Gasteiger partial charge is 0.454 e. The lowest BCUT2D eigenvalue weighted by Gasteiger charge is -2.12. The fourth-order valence-corrected chi connectivity index (χ4v) is 4.24. The van der Waals surface area contributed by atoms with Gasteiger partial charge in [-0.3, -0.25) is 14.4 Å². The van der Waals surface area contributed by atoms with Crippen LogP contribution in [0.15, 0.2) is 24.3 Å². The van der Waals surface area contributed by atoms with Crippen LogP contribution in [0.3, 0.4) is 0 Å². The van der Waals surface area contributed by atoms with Crippen LogP contribution in [0.5, 0.6) is 0 Å². The topological polar surface area (TPSA) is 89.1 Å². The van der Waals surface area contributed by atoms with E-state index in [1.165, 1.54) is 6.92 Å². The molecule has 6 nitrogen and oxygen atoms in total. The van der Waals surface area contributed by atoms with Gasteiger partial charge in [0, 0.05) is 17.7 Å². The number of fused-ring (bicyclic) bond motifs is 1. The summed E-state index contributed by atoms with van der Waals surface area (Å²) in [5, 5.41) is 0.860. The van der Waals surface area contributed by atoms with Crippen molar-refractivity contribution in [2.75, 3.05) is 0 Å². The van der Waals surface area contributed by atoms with Gasteiger partial charge in [-0.25, -0.2) is 4.98 Å². The summed E-state index contributed by atoms with van der Waals surface area (Å²) < 4.78 is 6.39. The number of carbonyl (C=O) groups is 3. The summed E-state index contributed by atoms with van der Waals surface area (Å²) in [4.78, 5) is 44.0. The van der Waals surface area contributed by atoms with Gasteiger partial charge in [-0.05, 0) is 45.4 Å². The minimum absolute atomic E-state index is 0.106. The number of aromatic nitrogens is 2. The average Bonchev–Trinajstić information content (AvgIpc) is 3.19. The van der Waals surface area contributed by atoms with E-state index in [1.807, 2.05) is 24.3 Å². The van der Waals surface area contributed by atoms with Crippen molar-refractivity contribution in [3.63, 3.8) is 0 Å². The van der Waals surface area contributed by atoms with E-state index in [0.29, 0.717) is 28.9 Å². The van der Waals surface area contributed by atoms with Crippen molar-refractivity contribution in [2.45, 2.75) is 46.6 Å². The molecule has 0 aliphatic heterocycles. The molecule has 2 heterocycles. The number of benzene rings is 1. The van der Waals surface area contributed by atoms with Gasteiger partial charge in [0.15, 0.2) is 11.9 Å². The first-order valence-corrected chi connectivity index (χ1v) is 9.87. The Morgan fingerprint density at radius 1 is 1.21 bits per heavy atom. The van der Waals surface area contributed by atoms with Crippen LogP contribution in [0.4, 0.5) is 0 Å². The fourth-order valence-electron chi connectivity index (χ4n) is 3.27. The highest BCUT2D eigenvalue weighted by Gasteiger charge is 2.26. The summed E-state index contributed by atoms with van der Waals surface area (Å²) >= 11 is 1.55. The number of nitrogens with zero attached hydrogens (tertiary/aromatic N) is 1. The molecule has 0 bridgehead atoms. The highest BCUT2D eigenvalue weighted by molar-refractivity contribution is 7.18. The summed E-state index contributed by atoms with van der Waals surface area (Å²) in [5.41, 5.74) is 2.97. The molecule has 146 valence electrons. The molecule has 0 saturated heterocycles. The van der Waals surface area contributed by atoms with E-state index in [4.69, 9.17) is 4.74 Å². The second-order valence-electron chi connectivity index (χ2n) is 6.75. The van der Waals surface area contributed by atoms with Gasteiger partial charge < -0.3 is 9.72 Å². The lowest BCUT2D eigenvalue weighted by atomic mass is 10.0. The molecular formula is C21H22N2O4S. The van der Waals surface area contributed by atoms with Crippen molar-refractivity contribution in [1.29, 1.82) is 0 Å². The van der Waals surface area contributed by atoms with Crippen LogP contribution in [0.1, 0.15) is 57.4 Å². The number of esters is 1. The molecule has 7 heteroatoms. The second kappa shape index (κ2) is 8.06. The molecule has 28 heavy (non-hydrogen) atoms. The molecule has 3 rings (SSSR count). The maximum atomic E-state index is 12.7. The Morgan fingerprint density at radius 2 is 1.93 bits per heavy atom. The zero-order valence-electron chi connectivity index (χ0n) is 16.3. The minimum Gasteiger partial charge on any atom is -0.454 e. The number of nitrogens with one attached hydrogen (secondary N) is 1. The number of carbonyl (C=O) groups excluding carboxylic acids is 3. The van der Waals surface area contributed by atoms with E-state index in [-0.39, 0.29) is 18.0 Å². The maximum absolute atomic E-state index is 12.7. The second-order valence-corrected chi connectivity index (χ2v) is 7.87. The number of rotatable bonds is 7. The van der Waals surface area contributed by atoms with Crippen LogP contribution < -0.4 is 0 Å². The highest BCUT2D eigenvalue weighted by Crippen LogP contribution is 2.23. The quantitative estimate of drug-likeness (QED) is 0.476. The van der Waals surface area contributed by atoms with Crippen molar-refractivity contribution in [3.8, 4) is 0 Å². The lowest BCUT2D eigenvalue weighted by Crippen LogP contribution is -2.25. The highest BCUT2D eigenvalue weighted by atomic mass is 32.1.